The Morgan fingerprint density at radius 2 is 1.76 bits per heavy atom. The molecule has 1 amide bonds. The number of amides is 1. The molecule has 0 saturated heterocycles. The van der Waals surface area contributed by atoms with Crippen LogP contribution in [-0.4, -0.2) is 10.5 Å². The summed E-state index contributed by atoms with van der Waals surface area (Å²) in [5, 5.41) is 2.98. The number of fused-ring (bicyclic) bond motifs is 1. The predicted molar refractivity (Wildman–Crippen MR) is 130 cm³/mol. The Morgan fingerprint density at radius 3 is 2.44 bits per heavy atom. The summed E-state index contributed by atoms with van der Waals surface area (Å²) in [6.45, 7) is 7.38. The second-order valence-electron chi connectivity index (χ2n) is 8.25. The molecule has 0 saturated carbocycles. The number of aryl methyl sites for hydroxylation is 3. The standard InChI is InChI=1S/C26H23N3O4S/c1-14-7-5-6-8-19(14)28-24(30)22-17(4)27-26-29(23(22)20-12-10-16(3)33-20)25(31)21(34-26)13-18-11-9-15(2)32-18/h5-13,23H,1-4H3,(H,28,30)/b21-13+/t23-/m1/s1. The lowest BCUT2D eigenvalue weighted by molar-refractivity contribution is -0.113. The van der Waals surface area contributed by atoms with Gasteiger partial charge in [-0.1, -0.05) is 29.5 Å². The number of anilines is 1. The van der Waals surface area contributed by atoms with Gasteiger partial charge in [0.1, 0.15) is 29.1 Å². The molecule has 1 N–H and O–H groups in total. The van der Waals surface area contributed by atoms with Crippen LogP contribution in [0.5, 0.6) is 0 Å². The average molecular weight is 474 g/mol. The van der Waals surface area contributed by atoms with Gasteiger partial charge in [0, 0.05) is 11.8 Å². The number of thiazole rings is 1. The molecule has 0 bridgehead atoms. The quantitative estimate of drug-likeness (QED) is 0.485. The van der Waals surface area contributed by atoms with Crippen molar-refractivity contribution in [2.45, 2.75) is 33.7 Å². The highest BCUT2D eigenvalue weighted by Crippen LogP contribution is 2.32. The average Bonchev–Trinajstić information content (AvgIpc) is 3.48. The van der Waals surface area contributed by atoms with E-state index in [0.717, 1.165) is 11.3 Å². The van der Waals surface area contributed by atoms with Crippen LogP contribution in [0, 0.1) is 20.8 Å². The van der Waals surface area contributed by atoms with Crippen LogP contribution >= 0.6 is 11.3 Å². The SMILES string of the molecule is CC1=C(C(=O)Nc2ccccc2C)[C@@H](c2ccc(C)o2)n2c(s/c(=C/c3ccc(C)o3)c2=O)=N1. The molecule has 0 aliphatic carbocycles. The second-order valence-corrected chi connectivity index (χ2v) is 9.26. The summed E-state index contributed by atoms with van der Waals surface area (Å²) in [6.07, 6.45) is 1.70. The highest BCUT2D eigenvalue weighted by molar-refractivity contribution is 7.07. The van der Waals surface area contributed by atoms with Crippen molar-refractivity contribution in [1.82, 2.24) is 4.57 Å². The molecule has 1 atom stereocenters. The lowest BCUT2D eigenvalue weighted by Gasteiger charge is -2.23. The van der Waals surface area contributed by atoms with E-state index < -0.39 is 6.04 Å². The molecule has 0 radical (unpaired) electrons. The summed E-state index contributed by atoms with van der Waals surface area (Å²) < 4.78 is 13.6. The Kier molecular flexibility index (Phi) is 5.45. The number of benzene rings is 1. The number of furan rings is 2. The van der Waals surface area contributed by atoms with E-state index in [1.165, 1.54) is 15.9 Å². The fraction of sp³-hybridized carbons (Fsp3) is 0.192. The first-order valence-corrected chi connectivity index (χ1v) is 11.7. The lowest BCUT2D eigenvalue weighted by atomic mass is 10.00. The van der Waals surface area contributed by atoms with Crippen molar-refractivity contribution in [3.63, 3.8) is 0 Å². The number of nitrogens with zero attached hydrogens (tertiary/aromatic N) is 2. The smallest absolute Gasteiger partial charge is 0.271 e. The molecule has 4 aromatic rings. The number of carbonyl (C=O) groups excluding carboxylic acids is 1. The van der Waals surface area contributed by atoms with Gasteiger partial charge in [-0.3, -0.25) is 14.2 Å². The lowest BCUT2D eigenvalue weighted by Crippen LogP contribution is -2.40. The van der Waals surface area contributed by atoms with Gasteiger partial charge in [-0.2, -0.15) is 0 Å². The summed E-state index contributed by atoms with van der Waals surface area (Å²) in [5.74, 6) is 2.21. The molecule has 8 heteroatoms. The Bertz CT molecular complexity index is 1630. The van der Waals surface area contributed by atoms with Crippen molar-refractivity contribution in [3.05, 3.63) is 108 Å². The molecule has 5 rings (SSSR count). The van der Waals surface area contributed by atoms with E-state index in [9.17, 15) is 9.59 Å². The van der Waals surface area contributed by atoms with Crippen LogP contribution in [0.25, 0.3) is 6.08 Å². The van der Waals surface area contributed by atoms with Gasteiger partial charge in [-0.25, -0.2) is 4.99 Å². The van der Waals surface area contributed by atoms with Crippen LogP contribution in [0.4, 0.5) is 5.69 Å². The Morgan fingerprint density at radius 1 is 1.03 bits per heavy atom. The largest absolute Gasteiger partial charge is 0.464 e. The van der Waals surface area contributed by atoms with Crippen LogP contribution in [0.15, 0.2) is 78.4 Å². The highest BCUT2D eigenvalue weighted by Gasteiger charge is 2.34. The van der Waals surface area contributed by atoms with Gasteiger partial charge in [0.2, 0.25) is 0 Å². The first-order chi connectivity index (χ1) is 16.3. The van der Waals surface area contributed by atoms with E-state index >= 15 is 0 Å². The first kappa shape index (κ1) is 21.9. The topological polar surface area (TPSA) is 89.7 Å². The third kappa shape index (κ3) is 3.86. The third-order valence-corrected chi connectivity index (χ3v) is 6.71. The summed E-state index contributed by atoms with van der Waals surface area (Å²) in [4.78, 5) is 32.2. The highest BCUT2D eigenvalue weighted by atomic mass is 32.1. The normalized spacial score (nSPS) is 15.9. The van der Waals surface area contributed by atoms with E-state index in [1.54, 1.807) is 19.1 Å². The minimum absolute atomic E-state index is 0.259. The number of aromatic nitrogens is 1. The van der Waals surface area contributed by atoms with Crippen molar-refractivity contribution >= 4 is 29.0 Å². The number of nitrogens with one attached hydrogen (secondary N) is 1. The number of rotatable bonds is 4. The minimum Gasteiger partial charge on any atom is -0.464 e. The van der Waals surface area contributed by atoms with Crippen LogP contribution in [0.1, 0.15) is 41.6 Å². The van der Waals surface area contributed by atoms with Gasteiger partial charge < -0.3 is 14.2 Å². The van der Waals surface area contributed by atoms with E-state index in [2.05, 4.69) is 10.3 Å². The molecular formula is C26H23N3O4S. The summed E-state index contributed by atoms with van der Waals surface area (Å²) in [7, 11) is 0. The van der Waals surface area contributed by atoms with Gasteiger partial charge in [0.15, 0.2) is 4.80 Å². The van der Waals surface area contributed by atoms with E-state index in [0.29, 0.717) is 43.6 Å². The number of para-hydroxylation sites is 1. The van der Waals surface area contributed by atoms with Crippen molar-refractivity contribution in [3.8, 4) is 0 Å². The minimum atomic E-state index is -0.741. The molecule has 1 aliphatic heterocycles. The monoisotopic (exact) mass is 473 g/mol. The molecule has 0 unspecified atom stereocenters. The van der Waals surface area contributed by atoms with Gasteiger partial charge in [0.25, 0.3) is 11.5 Å². The Labute approximate surface area is 199 Å². The zero-order chi connectivity index (χ0) is 24.0. The van der Waals surface area contributed by atoms with Gasteiger partial charge in [-0.15, -0.1) is 0 Å². The van der Waals surface area contributed by atoms with Crippen molar-refractivity contribution < 1.29 is 13.6 Å². The van der Waals surface area contributed by atoms with Gasteiger partial charge >= 0.3 is 0 Å². The first-order valence-electron chi connectivity index (χ1n) is 10.8. The molecule has 0 fully saturated rings. The summed E-state index contributed by atoms with van der Waals surface area (Å²) in [6, 6.07) is 14.1. The molecule has 4 heterocycles. The van der Waals surface area contributed by atoms with Crippen molar-refractivity contribution in [1.29, 1.82) is 0 Å². The predicted octanol–water partition coefficient (Wildman–Crippen LogP) is 3.99. The third-order valence-electron chi connectivity index (χ3n) is 5.72. The zero-order valence-electron chi connectivity index (χ0n) is 19.2. The molecule has 0 spiro atoms. The molecule has 1 aromatic carbocycles. The maximum absolute atomic E-state index is 13.5. The van der Waals surface area contributed by atoms with Gasteiger partial charge in [0.05, 0.1) is 15.8 Å². The Balaban J connectivity index is 1.67. The molecular weight excluding hydrogens is 450 g/mol. The van der Waals surface area contributed by atoms with Crippen molar-refractivity contribution in [2.75, 3.05) is 5.32 Å². The van der Waals surface area contributed by atoms with E-state index in [1.807, 2.05) is 63.2 Å². The van der Waals surface area contributed by atoms with Crippen molar-refractivity contribution in [2.24, 2.45) is 4.99 Å². The van der Waals surface area contributed by atoms with Crippen LogP contribution < -0.4 is 20.2 Å². The molecule has 172 valence electrons. The van der Waals surface area contributed by atoms with Crippen LogP contribution in [0.3, 0.4) is 0 Å². The summed E-state index contributed by atoms with van der Waals surface area (Å²) in [5.41, 5.74) is 2.28. The Hall–Kier alpha value is -3.91. The van der Waals surface area contributed by atoms with E-state index in [-0.39, 0.29) is 11.5 Å². The maximum atomic E-state index is 13.5. The number of allylic oxidation sites excluding steroid dienone is 1. The number of hydrogen-bond donors (Lipinski definition) is 1. The molecule has 7 nitrogen and oxygen atoms in total. The maximum Gasteiger partial charge on any atom is 0.271 e. The molecule has 1 aliphatic rings. The zero-order valence-corrected chi connectivity index (χ0v) is 20.0. The molecule has 3 aromatic heterocycles. The number of carbonyl (C=O) groups is 1. The fourth-order valence-corrected chi connectivity index (χ4v) is 5.07. The second kappa shape index (κ2) is 8.46. The fourth-order valence-electron chi connectivity index (χ4n) is 4.04. The van der Waals surface area contributed by atoms with Crippen LogP contribution in [0.2, 0.25) is 0 Å². The number of hydrogen-bond acceptors (Lipinski definition) is 6. The summed E-state index contributed by atoms with van der Waals surface area (Å²) >= 11 is 1.26. The van der Waals surface area contributed by atoms with Crippen LogP contribution in [-0.2, 0) is 4.79 Å². The molecule has 34 heavy (non-hydrogen) atoms. The van der Waals surface area contributed by atoms with Gasteiger partial charge in [-0.05, 0) is 63.6 Å². The van der Waals surface area contributed by atoms with E-state index in [4.69, 9.17) is 8.83 Å².